The summed E-state index contributed by atoms with van der Waals surface area (Å²) in [6, 6.07) is 0. The zero-order chi connectivity index (χ0) is 10.4. The molecule has 1 atom stereocenters. The Kier molecular flexibility index (Phi) is 4.35. The maximum atomic E-state index is 10.6. The second kappa shape index (κ2) is 5.32. The number of hydrogen-bond acceptors (Lipinski definition) is 3. The van der Waals surface area contributed by atoms with Gasteiger partial charge in [0.1, 0.15) is 0 Å². The normalized spacial score (nSPS) is 26.4. The molecule has 0 aliphatic carbocycles. The molecule has 1 heterocycles. The van der Waals surface area contributed by atoms with Gasteiger partial charge in [-0.25, -0.2) is 0 Å². The second-order valence-corrected chi connectivity index (χ2v) is 4.06. The van der Waals surface area contributed by atoms with Crippen LogP contribution in [0, 0.1) is 0 Å². The smallest absolute Gasteiger partial charge is 0.216 e. The highest BCUT2D eigenvalue weighted by Crippen LogP contribution is 2.23. The molecule has 4 nitrogen and oxygen atoms in total. The third-order valence-electron chi connectivity index (χ3n) is 2.48. The largest absolute Gasteiger partial charge is 0.374 e. The predicted octanol–water partition coefficient (Wildman–Crippen LogP) is 0.281. The fourth-order valence-corrected chi connectivity index (χ4v) is 1.66. The molecule has 1 fully saturated rings. The van der Waals surface area contributed by atoms with Crippen LogP contribution in [0.1, 0.15) is 26.7 Å². The van der Waals surface area contributed by atoms with Gasteiger partial charge < -0.3 is 15.4 Å². The molecule has 2 N–H and O–H groups in total. The third-order valence-corrected chi connectivity index (χ3v) is 2.48. The zero-order valence-corrected chi connectivity index (χ0v) is 9.06. The molecule has 0 aromatic rings. The summed E-state index contributed by atoms with van der Waals surface area (Å²) >= 11 is 0. The van der Waals surface area contributed by atoms with Crippen LogP contribution in [0.2, 0.25) is 0 Å². The third kappa shape index (κ3) is 4.07. The van der Waals surface area contributed by atoms with Crippen LogP contribution in [0.3, 0.4) is 0 Å². The summed E-state index contributed by atoms with van der Waals surface area (Å²) in [6.45, 7) is 6.90. The van der Waals surface area contributed by atoms with Crippen molar-refractivity contribution in [3.05, 3.63) is 0 Å². The van der Waals surface area contributed by atoms with Crippen molar-refractivity contribution in [1.29, 1.82) is 0 Å². The molecule has 0 bridgehead atoms. The van der Waals surface area contributed by atoms with Crippen LogP contribution >= 0.6 is 0 Å². The first-order valence-corrected chi connectivity index (χ1v) is 5.21. The van der Waals surface area contributed by atoms with E-state index in [0.717, 1.165) is 32.5 Å². The highest BCUT2D eigenvalue weighted by molar-refractivity contribution is 5.72. The number of carbonyl (C=O) groups is 1. The van der Waals surface area contributed by atoms with E-state index in [2.05, 4.69) is 17.6 Å². The van der Waals surface area contributed by atoms with Crippen LogP contribution < -0.4 is 10.6 Å². The van der Waals surface area contributed by atoms with Crippen LogP contribution in [-0.2, 0) is 9.53 Å². The van der Waals surface area contributed by atoms with E-state index in [1.165, 1.54) is 6.92 Å². The van der Waals surface area contributed by atoms with Crippen LogP contribution in [0.5, 0.6) is 0 Å². The van der Waals surface area contributed by atoms with E-state index in [1.54, 1.807) is 0 Å². The van der Waals surface area contributed by atoms with E-state index < -0.39 is 0 Å². The molecular weight excluding hydrogens is 180 g/mol. The van der Waals surface area contributed by atoms with Gasteiger partial charge in [0.2, 0.25) is 5.91 Å². The van der Waals surface area contributed by atoms with Gasteiger partial charge in [-0.15, -0.1) is 0 Å². The fourth-order valence-electron chi connectivity index (χ4n) is 1.66. The van der Waals surface area contributed by atoms with E-state index in [0.29, 0.717) is 6.54 Å². The van der Waals surface area contributed by atoms with E-state index in [-0.39, 0.29) is 11.5 Å². The maximum Gasteiger partial charge on any atom is 0.216 e. The van der Waals surface area contributed by atoms with Gasteiger partial charge in [-0.1, -0.05) is 0 Å². The Morgan fingerprint density at radius 2 is 2.29 bits per heavy atom. The number of hydrogen-bond donors (Lipinski definition) is 2. The number of nitrogens with one attached hydrogen (secondary N) is 2. The molecule has 0 aromatic heterocycles. The monoisotopic (exact) mass is 200 g/mol. The predicted molar refractivity (Wildman–Crippen MR) is 55.1 cm³/mol. The van der Waals surface area contributed by atoms with Crippen LogP contribution in [-0.4, -0.2) is 37.7 Å². The van der Waals surface area contributed by atoms with Crippen LogP contribution in [0.15, 0.2) is 0 Å². The minimum atomic E-state index is 0.0101. The first-order valence-electron chi connectivity index (χ1n) is 5.21. The van der Waals surface area contributed by atoms with E-state index in [9.17, 15) is 4.79 Å². The summed E-state index contributed by atoms with van der Waals surface area (Å²) < 4.78 is 5.62. The summed E-state index contributed by atoms with van der Waals surface area (Å²) in [5.41, 5.74) is 0.0101. The molecule has 1 amide bonds. The van der Waals surface area contributed by atoms with E-state index in [4.69, 9.17) is 4.74 Å². The van der Waals surface area contributed by atoms with Gasteiger partial charge in [0.15, 0.2) is 0 Å². The molecule has 0 saturated carbocycles. The molecule has 1 saturated heterocycles. The van der Waals surface area contributed by atoms with Crippen LogP contribution in [0.25, 0.3) is 0 Å². The van der Waals surface area contributed by atoms with Crippen molar-refractivity contribution in [2.24, 2.45) is 0 Å². The summed E-state index contributed by atoms with van der Waals surface area (Å²) in [5.74, 6) is 0.0233. The van der Waals surface area contributed by atoms with Crippen molar-refractivity contribution in [2.75, 3.05) is 26.2 Å². The number of amides is 1. The lowest BCUT2D eigenvalue weighted by Gasteiger charge is -2.23. The molecule has 14 heavy (non-hydrogen) atoms. The second-order valence-electron chi connectivity index (χ2n) is 4.06. The number of carbonyl (C=O) groups excluding carboxylic acids is 1. The lowest BCUT2D eigenvalue weighted by atomic mass is 10.0. The Morgan fingerprint density at radius 1 is 1.50 bits per heavy atom. The Balaban J connectivity index is 2.00. The summed E-state index contributed by atoms with van der Waals surface area (Å²) in [6.07, 6.45) is 2.28. The molecule has 0 radical (unpaired) electrons. The molecule has 0 aromatic carbocycles. The summed E-state index contributed by atoms with van der Waals surface area (Å²) in [5, 5.41) is 6.02. The summed E-state index contributed by atoms with van der Waals surface area (Å²) in [4.78, 5) is 10.6. The highest BCUT2D eigenvalue weighted by Gasteiger charge is 2.28. The molecule has 82 valence electrons. The zero-order valence-electron chi connectivity index (χ0n) is 9.06. The Labute approximate surface area is 85.4 Å². The van der Waals surface area contributed by atoms with E-state index >= 15 is 0 Å². The molecule has 1 unspecified atom stereocenters. The molecule has 1 rings (SSSR count). The average molecular weight is 200 g/mol. The first kappa shape index (κ1) is 11.5. The molecular formula is C10H20N2O2. The fraction of sp³-hybridized carbons (Fsp3) is 0.900. The molecule has 4 heteroatoms. The lowest BCUT2D eigenvalue weighted by Crippen LogP contribution is -2.40. The lowest BCUT2D eigenvalue weighted by molar-refractivity contribution is -0.118. The highest BCUT2D eigenvalue weighted by atomic mass is 16.5. The van der Waals surface area contributed by atoms with Gasteiger partial charge >= 0.3 is 0 Å². The SMILES string of the molecule is CC(=O)NCCNCC1(C)CCCO1. The molecule has 1 aliphatic heterocycles. The standard InChI is InChI=1S/C10H20N2O2/c1-9(13)12-6-5-11-8-10(2)4-3-7-14-10/h11H,3-8H2,1-2H3,(H,12,13). The summed E-state index contributed by atoms with van der Waals surface area (Å²) in [7, 11) is 0. The Bertz CT molecular complexity index is 189. The van der Waals surface area contributed by atoms with Gasteiger partial charge in [0.25, 0.3) is 0 Å². The average Bonchev–Trinajstić information content (AvgIpc) is 2.51. The van der Waals surface area contributed by atoms with Crippen LogP contribution in [0.4, 0.5) is 0 Å². The van der Waals surface area contributed by atoms with Crippen molar-refractivity contribution < 1.29 is 9.53 Å². The first-order chi connectivity index (χ1) is 6.62. The van der Waals surface area contributed by atoms with Gasteiger partial charge in [0.05, 0.1) is 5.60 Å². The van der Waals surface area contributed by atoms with Crippen molar-refractivity contribution in [1.82, 2.24) is 10.6 Å². The van der Waals surface area contributed by atoms with Crippen molar-refractivity contribution in [3.8, 4) is 0 Å². The number of rotatable bonds is 5. The minimum Gasteiger partial charge on any atom is -0.374 e. The maximum absolute atomic E-state index is 10.6. The topological polar surface area (TPSA) is 50.4 Å². The van der Waals surface area contributed by atoms with E-state index in [1.807, 2.05) is 0 Å². The molecule has 0 spiro atoms. The quantitative estimate of drug-likeness (QED) is 0.627. The Hall–Kier alpha value is -0.610. The van der Waals surface area contributed by atoms with Gasteiger partial charge in [-0.3, -0.25) is 4.79 Å². The van der Waals surface area contributed by atoms with Gasteiger partial charge in [0, 0.05) is 33.2 Å². The van der Waals surface area contributed by atoms with Gasteiger partial charge in [-0.2, -0.15) is 0 Å². The Morgan fingerprint density at radius 3 is 2.86 bits per heavy atom. The minimum absolute atomic E-state index is 0.0101. The molecule has 1 aliphatic rings. The van der Waals surface area contributed by atoms with Crippen molar-refractivity contribution in [3.63, 3.8) is 0 Å². The van der Waals surface area contributed by atoms with Crippen molar-refractivity contribution in [2.45, 2.75) is 32.3 Å². The number of ether oxygens (including phenoxy) is 1. The van der Waals surface area contributed by atoms with Gasteiger partial charge in [-0.05, 0) is 19.8 Å². The van der Waals surface area contributed by atoms with Crippen molar-refractivity contribution >= 4 is 5.91 Å².